The van der Waals surface area contributed by atoms with E-state index in [0.717, 1.165) is 0 Å². The van der Waals surface area contributed by atoms with Gasteiger partial charge in [-0.15, -0.1) is 11.8 Å². The highest BCUT2D eigenvalue weighted by Gasteiger charge is 2.27. The molecule has 0 saturated carbocycles. The second-order valence-corrected chi connectivity index (χ2v) is 21.7. The fraction of sp³-hybridized carbons (Fsp3) is 1.00. The van der Waals surface area contributed by atoms with E-state index >= 15 is 0 Å². The summed E-state index contributed by atoms with van der Waals surface area (Å²) in [5.41, 5.74) is 0. The Bertz CT molecular complexity index is 750. The average Bonchev–Trinajstić information content (AvgIpc) is 3.21. The lowest BCUT2D eigenvalue weighted by Crippen LogP contribution is -2.50. The topological polar surface area (TPSA) is 119 Å². The molecule has 368 valence electrons. The van der Waals surface area contributed by atoms with Crippen molar-refractivity contribution in [2.75, 3.05) is 78.5 Å². The Kier molecular flexibility index (Phi) is 50.1. The number of unbranched alkanes of at least 4 members (excludes halogenated alkanes) is 12. The van der Waals surface area contributed by atoms with E-state index in [0.29, 0.717) is 0 Å². The predicted octanol–water partition coefficient (Wildman–Crippen LogP) is 11.8. The fourth-order valence-corrected chi connectivity index (χ4v) is 9.77. The maximum atomic E-state index is 9.70. The lowest BCUT2D eigenvalue weighted by molar-refractivity contribution is -0.929. The second kappa shape index (κ2) is 44.7. The molecule has 9 nitrogen and oxygen atoms in total. The molecule has 60 heavy (non-hydrogen) atoms. The first-order chi connectivity index (χ1) is 28.4. The van der Waals surface area contributed by atoms with Crippen LogP contribution in [-0.2, 0) is 20.7 Å². The van der Waals surface area contributed by atoms with Crippen LogP contribution < -0.4 is 19.6 Å². The molecule has 0 saturated heterocycles. The molecule has 0 aliphatic heterocycles. The second-order valence-electron chi connectivity index (χ2n) is 17.9. The van der Waals surface area contributed by atoms with Gasteiger partial charge in [-0.25, -0.2) is 0 Å². The van der Waals surface area contributed by atoms with Gasteiger partial charge in [0, 0.05) is 0 Å². The summed E-state index contributed by atoms with van der Waals surface area (Å²) in [6.07, 6.45) is 33.2. The first-order valence-corrected chi connectivity index (χ1v) is 29.8. The number of nitrogens with zero attached hydrogens (tertiary/aromatic N) is 3. The van der Waals surface area contributed by atoms with Crippen molar-refractivity contribution in [3.8, 4) is 0 Å². The minimum absolute atomic E-state index is 1.35. The molecule has 0 bridgehead atoms. The lowest BCUT2D eigenvalue weighted by atomic mass is 10.1. The number of hydrogen-bond donors (Lipinski definition) is 0. The zero-order valence-corrected chi connectivity index (χ0v) is 45.2. The Labute approximate surface area is 382 Å². The van der Waals surface area contributed by atoms with Crippen LogP contribution in [0, 0.1) is 0 Å². The fourth-order valence-electron chi connectivity index (χ4n) is 8.06. The van der Waals surface area contributed by atoms with Gasteiger partial charge >= 0.3 is 0 Å². The zero-order chi connectivity index (χ0) is 46.7. The van der Waals surface area contributed by atoms with Gasteiger partial charge in [-0.3, -0.25) is 0 Å². The van der Waals surface area contributed by atoms with Gasteiger partial charge in [-0.2, -0.15) is 0 Å². The molecular weight excluding hydrogens is 809 g/mol. The number of hydrogen-bond acceptors (Lipinski definition) is 7. The molecule has 0 radical (unpaired) electrons. The smallest absolute Gasteiger partial charge is 0.0786 e. The Hall–Kier alpha value is 0.560. The van der Waals surface area contributed by atoms with Crippen molar-refractivity contribution < 1.29 is 41.9 Å². The molecule has 0 aromatic carbocycles. The van der Waals surface area contributed by atoms with E-state index in [4.69, 9.17) is 0 Å². The first-order valence-electron chi connectivity index (χ1n) is 25.7. The monoisotopic (exact) mass is 917 g/mol. The van der Waals surface area contributed by atoms with Crippen LogP contribution in [0.4, 0.5) is 0 Å². The normalized spacial score (nSPS) is 12.3. The van der Waals surface area contributed by atoms with Gasteiger partial charge in [-0.05, 0) is 77.0 Å². The minimum Gasteiger partial charge on any atom is -0.812 e. The highest BCUT2D eigenvalue weighted by molar-refractivity contribution is 8.06. The van der Waals surface area contributed by atoms with E-state index < -0.39 is 14.5 Å². The molecule has 12 heteroatoms. The third-order valence-corrected chi connectivity index (χ3v) is 14.2. The molecule has 0 rings (SSSR count). The van der Waals surface area contributed by atoms with Gasteiger partial charge in [0.2, 0.25) is 0 Å². The number of phosphoric acid groups is 1. The van der Waals surface area contributed by atoms with Crippen molar-refractivity contribution in [2.45, 2.75) is 237 Å². The van der Waals surface area contributed by atoms with E-state index in [2.05, 4.69) is 99.2 Å². The average molecular weight is 917 g/mol. The van der Waals surface area contributed by atoms with Crippen LogP contribution in [-0.4, -0.2) is 92.0 Å². The summed E-state index contributed by atoms with van der Waals surface area (Å²) in [7, 11) is -5.47. The summed E-state index contributed by atoms with van der Waals surface area (Å²) >= 11 is 3.44. The van der Waals surface area contributed by atoms with Crippen LogP contribution in [0.3, 0.4) is 0 Å². The minimum atomic E-state index is -5.47. The van der Waals surface area contributed by atoms with E-state index in [9.17, 15) is 24.1 Å². The van der Waals surface area contributed by atoms with Crippen LogP contribution in [0.5, 0.6) is 0 Å². The largest absolute Gasteiger partial charge is 0.812 e. The zero-order valence-electron chi connectivity index (χ0n) is 42.5. The van der Waals surface area contributed by atoms with Crippen molar-refractivity contribution in [1.82, 2.24) is 0 Å². The molecule has 0 heterocycles. The van der Waals surface area contributed by atoms with Crippen molar-refractivity contribution in [2.24, 2.45) is 0 Å². The summed E-state index contributed by atoms with van der Waals surface area (Å²) in [5, 5.41) is 0. The maximum absolute atomic E-state index is 9.70. The standard InChI is InChI=1S/3C16H36N.H4O6P2S/c3*1-5-9-13-17(14-10-6-2,15-11-7-3)16-12-8-4;1-7(2,3)6-8(4,5)9/h3*5-16H2,1-4H3;(H2,1,2,3)(H2,4,5,9)/q3*+1;/p-4. The summed E-state index contributed by atoms with van der Waals surface area (Å²) in [5.74, 6) is 0. The van der Waals surface area contributed by atoms with E-state index in [1.807, 2.05) is 0 Å². The van der Waals surface area contributed by atoms with Crippen molar-refractivity contribution in [3.05, 3.63) is 0 Å². The van der Waals surface area contributed by atoms with Crippen LogP contribution in [0.15, 0.2) is 0 Å². The summed E-state index contributed by atoms with van der Waals surface area (Å²) < 4.78 is 16.6. The molecule has 0 N–H and O–H groups in total. The predicted molar refractivity (Wildman–Crippen MR) is 261 cm³/mol. The molecule has 0 aliphatic carbocycles. The summed E-state index contributed by atoms with van der Waals surface area (Å²) in [4.78, 5) is 38.3. The Morgan fingerprint density at radius 3 is 0.483 bits per heavy atom. The van der Waals surface area contributed by atoms with Crippen LogP contribution in [0.2, 0.25) is 0 Å². The van der Waals surface area contributed by atoms with Gasteiger partial charge in [0.25, 0.3) is 0 Å². The summed E-state index contributed by atoms with van der Waals surface area (Å²) in [6, 6.07) is 0. The molecule has 0 fully saturated rings. The van der Waals surface area contributed by atoms with Gasteiger partial charge in [0.15, 0.2) is 0 Å². The van der Waals surface area contributed by atoms with Crippen LogP contribution >= 0.6 is 14.5 Å². The van der Waals surface area contributed by atoms with Crippen LogP contribution in [0.25, 0.3) is 0 Å². The van der Waals surface area contributed by atoms with Gasteiger partial charge in [0.05, 0.1) is 86.4 Å². The van der Waals surface area contributed by atoms with E-state index in [1.165, 1.54) is 246 Å². The molecule has 0 atom stereocenters. The van der Waals surface area contributed by atoms with Crippen molar-refractivity contribution >= 4 is 26.3 Å². The highest BCUT2D eigenvalue weighted by Crippen LogP contribution is 2.43. The summed E-state index contributed by atoms with van der Waals surface area (Å²) in [6.45, 7) is 40.2. The Balaban J connectivity index is -0.000000356. The lowest BCUT2D eigenvalue weighted by Gasteiger charge is -2.43. The van der Waals surface area contributed by atoms with Crippen molar-refractivity contribution in [1.29, 1.82) is 0 Å². The van der Waals surface area contributed by atoms with Crippen LogP contribution in [0.1, 0.15) is 237 Å². The SMILES string of the molecule is CCCC[N+](CCCC)(CCCC)CCCC.CCCC[N+](CCCC)(CCCC)CCCC.CCCC[N+](CCCC)(CCCC)CCCC.O=P([O-])([O-])OP([O-])([O-])=S. The maximum Gasteiger partial charge on any atom is 0.0786 e. The van der Waals surface area contributed by atoms with Crippen molar-refractivity contribution in [3.63, 3.8) is 0 Å². The quantitative estimate of drug-likeness (QED) is 0.0447. The Morgan fingerprint density at radius 2 is 0.433 bits per heavy atom. The van der Waals surface area contributed by atoms with Gasteiger partial charge in [0.1, 0.15) is 0 Å². The first kappa shape index (κ1) is 67.2. The molecule has 0 amide bonds. The molecule has 0 unspecified atom stereocenters. The number of rotatable bonds is 38. The Morgan fingerprint density at radius 1 is 0.317 bits per heavy atom. The number of quaternary nitrogens is 3. The molecular formula is C48H108N3O6P2S-. The van der Waals surface area contributed by atoms with E-state index in [1.54, 1.807) is 0 Å². The highest BCUT2D eigenvalue weighted by atomic mass is 32.5. The molecule has 0 spiro atoms. The van der Waals surface area contributed by atoms with Gasteiger partial charge in [-0.1, -0.05) is 167 Å². The molecule has 0 aliphatic rings. The molecule has 0 aromatic rings. The van der Waals surface area contributed by atoms with E-state index in [-0.39, 0.29) is 0 Å². The van der Waals surface area contributed by atoms with Gasteiger partial charge < -0.3 is 41.9 Å². The molecule has 0 aromatic heterocycles. The third kappa shape index (κ3) is 43.8. The third-order valence-electron chi connectivity index (χ3n) is 12.0.